The molecule has 1 unspecified atom stereocenters. The summed E-state index contributed by atoms with van der Waals surface area (Å²) in [6.45, 7) is 11.6. The number of benzene rings is 3. The van der Waals surface area contributed by atoms with Crippen LogP contribution < -0.4 is 24.4 Å². The Morgan fingerprint density at radius 2 is 1.80 bits per heavy atom. The van der Waals surface area contributed by atoms with Crippen LogP contribution in [0.5, 0.6) is 17.2 Å². The van der Waals surface area contributed by atoms with Crippen molar-refractivity contribution >= 4 is 37.2 Å². The second-order valence-corrected chi connectivity index (χ2v) is 19.7. The highest BCUT2D eigenvalue weighted by Gasteiger charge is 2.54. The van der Waals surface area contributed by atoms with Crippen molar-refractivity contribution in [2.45, 2.75) is 69.6 Å². The molecule has 1 spiro atoms. The molecule has 4 aromatic rings. The molecule has 51 heavy (non-hydrogen) atoms. The topological polar surface area (TPSA) is 100.0 Å². The van der Waals surface area contributed by atoms with E-state index in [1.807, 2.05) is 0 Å². The van der Waals surface area contributed by atoms with Gasteiger partial charge in [-0.1, -0.05) is 44.5 Å². The van der Waals surface area contributed by atoms with Crippen molar-refractivity contribution in [2.24, 2.45) is 0 Å². The lowest BCUT2D eigenvalue weighted by Gasteiger charge is -2.36. The van der Waals surface area contributed by atoms with Crippen LogP contribution in [-0.2, 0) is 14.6 Å². The molecule has 15 heteroatoms. The van der Waals surface area contributed by atoms with Gasteiger partial charge in [0, 0.05) is 46.4 Å². The van der Waals surface area contributed by atoms with Crippen molar-refractivity contribution in [3.05, 3.63) is 83.4 Å². The molecule has 3 aromatic carbocycles. The van der Waals surface area contributed by atoms with Crippen molar-refractivity contribution in [3.63, 3.8) is 0 Å². The molecule has 2 aliphatic rings. The summed E-state index contributed by atoms with van der Waals surface area (Å²) in [5, 5.41) is 8.02. The predicted octanol–water partition coefficient (Wildman–Crippen LogP) is 8.46. The average molecular weight is 744 g/mol. The van der Waals surface area contributed by atoms with Gasteiger partial charge in [-0.05, 0) is 60.8 Å². The Morgan fingerprint density at radius 1 is 1.04 bits per heavy atom. The van der Waals surface area contributed by atoms with E-state index in [4.69, 9.17) is 25.5 Å². The summed E-state index contributed by atoms with van der Waals surface area (Å²) in [6, 6.07) is 13.5. The summed E-state index contributed by atoms with van der Waals surface area (Å²) in [6.07, 6.45) is -0.333. The third-order valence-electron chi connectivity index (χ3n) is 9.91. The number of methoxy groups -OCH3 is 1. The first-order chi connectivity index (χ1) is 24.0. The molecule has 1 aliphatic carbocycles. The van der Waals surface area contributed by atoms with E-state index in [1.165, 1.54) is 31.9 Å². The Morgan fingerprint density at radius 3 is 2.45 bits per heavy atom. The number of halogens is 4. The molecule has 272 valence electrons. The average Bonchev–Trinajstić information content (AvgIpc) is 3.48. The molecular formula is C36H41ClF3N5O5Si. The first-order valence-corrected chi connectivity index (χ1v) is 19.9. The minimum absolute atomic E-state index is 0.00736. The van der Waals surface area contributed by atoms with Gasteiger partial charge in [-0.2, -0.15) is 5.10 Å². The zero-order valence-corrected chi connectivity index (χ0v) is 31.1. The van der Waals surface area contributed by atoms with E-state index in [9.17, 15) is 18.0 Å². The van der Waals surface area contributed by atoms with Gasteiger partial charge in [0.05, 0.1) is 25.1 Å². The van der Waals surface area contributed by atoms with Gasteiger partial charge >= 0.3 is 6.36 Å². The van der Waals surface area contributed by atoms with Crippen LogP contribution in [0.25, 0.3) is 5.69 Å². The van der Waals surface area contributed by atoms with Crippen LogP contribution >= 0.6 is 11.6 Å². The molecule has 0 radical (unpaired) electrons. The molecule has 1 aromatic heterocycles. The summed E-state index contributed by atoms with van der Waals surface area (Å²) < 4.78 is 63.8. The second kappa shape index (κ2) is 13.7. The van der Waals surface area contributed by atoms with Crippen molar-refractivity contribution in [2.75, 3.05) is 37.1 Å². The van der Waals surface area contributed by atoms with Gasteiger partial charge in [0.15, 0.2) is 8.32 Å². The lowest BCUT2D eigenvalue weighted by Crippen LogP contribution is -2.41. The molecule has 1 fully saturated rings. The summed E-state index contributed by atoms with van der Waals surface area (Å²) in [4.78, 5) is 20.5. The molecule has 10 nitrogen and oxygen atoms in total. The van der Waals surface area contributed by atoms with E-state index in [0.29, 0.717) is 52.3 Å². The number of ether oxygens (including phenoxy) is 3. The van der Waals surface area contributed by atoms with Gasteiger partial charge in [0.2, 0.25) is 0 Å². The van der Waals surface area contributed by atoms with Gasteiger partial charge in [-0.25, -0.2) is 9.67 Å². The van der Waals surface area contributed by atoms with Crippen LogP contribution in [0.4, 0.5) is 24.5 Å². The number of carbonyl (C=O) groups excluding carboxylic acids is 1. The molecule has 2 heterocycles. The van der Waals surface area contributed by atoms with Gasteiger partial charge in [0.25, 0.3) is 5.91 Å². The van der Waals surface area contributed by atoms with Gasteiger partial charge in [-0.3, -0.25) is 4.79 Å². The summed E-state index contributed by atoms with van der Waals surface area (Å²) >= 11 is 6.48. The Balaban J connectivity index is 1.39. The first kappa shape index (κ1) is 36.5. The van der Waals surface area contributed by atoms with E-state index in [0.717, 1.165) is 18.4 Å². The van der Waals surface area contributed by atoms with Gasteiger partial charge in [-0.15, -0.1) is 13.2 Å². The number of aromatic nitrogens is 3. The molecule has 1 atom stereocenters. The van der Waals surface area contributed by atoms with Crippen LogP contribution in [-0.4, -0.2) is 62.2 Å². The van der Waals surface area contributed by atoms with Crippen molar-refractivity contribution in [3.8, 4) is 22.9 Å². The fraction of sp³-hybridized carbons (Fsp3) is 0.417. The monoisotopic (exact) mass is 743 g/mol. The maximum Gasteiger partial charge on any atom is 0.573 e. The number of hydrogen-bond acceptors (Lipinski definition) is 8. The molecule has 0 bridgehead atoms. The lowest BCUT2D eigenvalue weighted by molar-refractivity contribution is -0.274. The zero-order chi connectivity index (χ0) is 36.8. The minimum atomic E-state index is -4.89. The van der Waals surface area contributed by atoms with E-state index in [2.05, 4.69) is 54.0 Å². The van der Waals surface area contributed by atoms with Crippen molar-refractivity contribution in [1.82, 2.24) is 14.8 Å². The number of nitrogens with zero attached hydrogens (tertiary/aromatic N) is 4. The van der Waals surface area contributed by atoms with E-state index in [1.54, 1.807) is 52.0 Å². The smallest absolute Gasteiger partial charge is 0.497 e. The van der Waals surface area contributed by atoms with Crippen LogP contribution in [0.3, 0.4) is 0 Å². The first-order valence-electron chi connectivity index (χ1n) is 16.6. The molecular weight excluding hydrogens is 703 g/mol. The third-order valence-corrected chi connectivity index (χ3v) is 14.7. The number of anilines is 2. The molecule has 1 aliphatic heterocycles. The van der Waals surface area contributed by atoms with Gasteiger partial charge < -0.3 is 28.9 Å². The van der Waals surface area contributed by atoms with Crippen molar-refractivity contribution < 1.29 is 36.6 Å². The third kappa shape index (κ3) is 7.97. The van der Waals surface area contributed by atoms with Crippen molar-refractivity contribution in [1.29, 1.82) is 0 Å². The Hall–Kier alpha value is -4.27. The Labute approximate surface area is 300 Å². The molecule has 0 saturated heterocycles. The number of alkyl halides is 3. The van der Waals surface area contributed by atoms with Crippen LogP contribution in [0.15, 0.2) is 67.3 Å². The van der Waals surface area contributed by atoms with Crippen LogP contribution in [0, 0.1) is 0 Å². The largest absolute Gasteiger partial charge is 0.573 e. The normalized spacial score (nSPS) is 15.8. The Bertz CT molecular complexity index is 1900. The highest BCUT2D eigenvalue weighted by atomic mass is 35.5. The fourth-order valence-corrected chi connectivity index (χ4v) is 7.21. The minimum Gasteiger partial charge on any atom is -0.497 e. The van der Waals surface area contributed by atoms with E-state index in [-0.39, 0.29) is 17.1 Å². The standard InChI is InChI=1S/C36H41ClF3N5O5Si/c1-34(2,3)51(5,6)49-14-13-48-31-15-23(37)7-9-28(31)32(43-24-16-25(18-27(17-24)47-4)45-22-41-21-42-45)33(46)44-20-35(11-12-35)29-10-8-26(19-30(29)44)50-36(38,39)40/h7-10,15-19,21-22,32,43H,11-14,20H2,1-6H3. The molecule has 6 rings (SSSR count). The number of fused-ring (bicyclic) bond motifs is 2. The lowest BCUT2D eigenvalue weighted by atomic mass is 9.99. The quantitative estimate of drug-likeness (QED) is 0.114. The number of rotatable bonds is 12. The molecule has 1 saturated carbocycles. The summed E-state index contributed by atoms with van der Waals surface area (Å²) in [5.74, 6) is 0.0496. The Kier molecular flexibility index (Phi) is 9.81. The number of carbonyl (C=O) groups is 1. The van der Waals surface area contributed by atoms with E-state index >= 15 is 0 Å². The highest BCUT2D eigenvalue weighted by Crippen LogP contribution is 2.57. The predicted molar refractivity (Wildman–Crippen MR) is 191 cm³/mol. The summed E-state index contributed by atoms with van der Waals surface area (Å²) in [7, 11) is -0.530. The molecule has 1 amide bonds. The molecule has 1 N–H and O–H groups in total. The zero-order valence-electron chi connectivity index (χ0n) is 29.3. The highest BCUT2D eigenvalue weighted by molar-refractivity contribution is 6.74. The fourth-order valence-electron chi connectivity index (χ4n) is 6.02. The summed E-state index contributed by atoms with van der Waals surface area (Å²) in [5.41, 5.74) is 2.46. The van der Waals surface area contributed by atoms with Crippen LogP contribution in [0.2, 0.25) is 23.2 Å². The van der Waals surface area contributed by atoms with E-state index < -0.39 is 32.4 Å². The maximum absolute atomic E-state index is 14.9. The van der Waals surface area contributed by atoms with Gasteiger partial charge in [0.1, 0.15) is 42.6 Å². The number of hydrogen-bond donors (Lipinski definition) is 1. The SMILES string of the molecule is COc1cc(NC(C(=O)N2CC3(CC3)c3ccc(OC(F)(F)F)cc32)c2ccc(Cl)cc2OCCO[Si](C)(C)C(C)(C)C)cc(-n2cncn2)c1. The van der Waals surface area contributed by atoms with Crippen LogP contribution in [0.1, 0.15) is 50.8 Å². The second-order valence-electron chi connectivity index (χ2n) is 14.4. The number of nitrogens with one attached hydrogen (secondary N) is 1. The number of amides is 1. The maximum atomic E-state index is 14.9.